The van der Waals surface area contributed by atoms with Crippen LogP contribution >= 0.6 is 22.9 Å². The van der Waals surface area contributed by atoms with Gasteiger partial charge in [0.1, 0.15) is 17.5 Å². The Morgan fingerprint density at radius 1 is 1.43 bits per heavy atom. The van der Waals surface area contributed by atoms with Crippen LogP contribution in [0.4, 0.5) is 0 Å². The number of ether oxygens (including phenoxy) is 1. The molecule has 3 aromatic rings. The van der Waals surface area contributed by atoms with E-state index >= 15 is 0 Å². The van der Waals surface area contributed by atoms with Crippen LogP contribution in [0.1, 0.15) is 16.5 Å². The summed E-state index contributed by atoms with van der Waals surface area (Å²) in [6, 6.07) is 7.31. The highest BCUT2D eigenvalue weighted by molar-refractivity contribution is 7.15. The van der Waals surface area contributed by atoms with Crippen molar-refractivity contribution >= 4 is 22.9 Å². The summed E-state index contributed by atoms with van der Waals surface area (Å²) < 4.78 is 7.50. The molecule has 2 heterocycles. The van der Waals surface area contributed by atoms with Crippen molar-refractivity contribution in [2.24, 2.45) is 0 Å². The highest BCUT2D eigenvalue weighted by atomic mass is 35.5. The number of thiazole rings is 1. The fraction of sp³-hybridized carbons (Fsp3) is 0.143. The van der Waals surface area contributed by atoms with Crippen LogP contribution < -0.4 is 4.74 Å². The molecular formula is C14H12ClN3O2S. The third kappa shape index (κ3) is 2.78. The van der Waals surface area contributed by atoms with E-state index in [1.54, 1.807) is 30.3 Å². The van der Waals surface area contributed by atoms with Gasteiger partial charge in [-0.15, -0.1) is 11.3 Å². The molecule has 1 N–H and O–H groups in total. The Balaban J connectivity index is 1.98. The summed E-state index contributed by atoms with van der Waals surface area (Å²) in [7, 11) is 1.59. The van der Waals surface area contributed by atoms with Crippen molar-refractivity contribution in [3.8, 4) is 11.4 Å². The highest BCUT2D eigenvalue weighted by Crippen LogP contribution is 2.32. The molecule has 0 saturated carbocycles. The number of hydrogen-bond donors (Lipinski definition) is 1. The van der Waals surface area contributed by atoms with Gasteiger partial charge in [0, 0.05) is 18.6 Å². The van der Waals surface area contributed by atoms with Gasteiger partial charge >= 0.3 is 0 Å². The average molecular weight is 322 g/mol. The summed E-state index contributed by atoms with van der Waals surface area (Å²) in [6.45, 7) is 0. The van der Waals surface area contributed by atoms with Crippen LogP contribution in [-0.2, 0) is 0 Å². The van der Waals surface area contributed by atoms with Crippen LogP contribution in [0.25, 0.3) is 5.69 Å². The zero-order chi connectivity index (χ0) is 14.8. The van der Waals surface area contributed by atoms with Gasteiger partial charge in [0.2, 0.25) is 0 Å². The summed E-state index contributed by atoms with van der Waals surface area (Å²) in [4.78, 5) is 4.63. The third-order valence-electron chi connectivity index (χ3n) is 3.04. The van der Waals surface area contributed by atoms with Crippen LogP contribution in [0.15, 0.2) is 42.9 Å². The van der Waals surface area contributed by atoms with Crippen LogP contribution in [0.2, 0.25) is 4.47 Å². The van der Waals surface area contributed by atoms with Crippen LogP contribution in [0.5, 0.6) is 5.75 Å². The lowest BCUT2D eigenvalue weighted by molar-refractivity contribution is 0.223. The summed E-state index contributed by atoms with van der Waals surface area (Å²) in [6.07, 6.45) is 4.32. The van der Waals surface area contributed by atoms with Crippen molar-refractivity contribution < 1.29 is 9.84 Å². The SMILES string of the molecule is COc1cc(C(O)c2cnc(Cl)s2)ccc1-n1cccn1. The van der Waals surface area contributed by atoms with E-state index in [-0.39, 0.29) is 0 Å². The summed E-state index contributed by atoms with van der Waals surface area (Å²) in [5, 5.41) is 14.6. The maximum atomic E-state index is 10.4. The van der Waals surface area contributed by atoms with E-state index in [9.17, 15) is 5.11 Å². The van der Waals surface area contributed by atoms with Crippen molar-refractivity contribution in [1.29, 1.82) is 0 Å². The maximum absolute atomic E-state index is 10.4. The lowest BCUT2D eigenvalue weighted by Crippen LogP contribution is -2.02. The number of benzene rings is 1. The largest absolute Gasteiger partial charge is 0.494 e. The predicted molar refractivity (Wildman–Crippen MR) is 81.3 cm³/mol. The van der Waals surface area contributed by atoms with Crippen molar-refractivity contribution in [2.45, 2.75) is 6.10 Å². The van der Waals surface area contributed by atoms with E-state index in [0.717, 1.165) is 5.69 Å². The fourth-order valence-electron chi connectivity index (χ4n) is 2.02. The monoisotopic (exact) mass is 321 g/mol. The minimum atomic E-state index is -0.782. The first kappa shape index (κ1) is 14.1. The number of aliphatic hydroxyl groups is 1. The van der Waals surface area contributed by atoms with Gasteiger partial charge in [-0.1, -0.05) is 17.7 Å². The summed E-state index contributed by atoms with van der Waals surface area (Å²) in [5.41, 5.74) is 1.52. The van der Waals surface area contributed by atoms with E-state index in [1.165, 1.54) is 11.3 Å². The van der Waals surface area contributed by atoms with E-state index in [4.69, 9.17) is 16.3 Å². The molecule has 0 aliphatic rings. The molecule has 0 saturated heterocycles. The topological polar surface area (TPSA) is 60.2 Å². The summed E-state index contributed by atoms with van der Waals surface area (Å²) in [5.74, 6) is 0.630. The number of rotatable bonds is 4. The lowest BCUT2D eigenvalue weighted by atomic mass is 10.1. The molecule has 21 heavy (non-hydrogen) atoms. The third-order valence-corrected chi connectivity index (χ3v) is 4.20. The quantitative estimate of drug-likeness (QED) is 0.802. The molecule has 3 rings (SSSR count). The normalized spacial score (nSPS) is 12.3. The van der Waals surface area contributed by atoms with Gasteiger partial charge in [-0.05, 0) is 23.8 Å². The van der Waals surface area contributed by atoms with Crippen molar-refractivity contribution in [3.05, 3.63) is 57.8 Å². The fourth-order valence-corrected chi connectivity index (χ4v) is 2.99. The second-order valence-corrected chi connectivity index (χ2v) is 5.94. The van der Waals surface area contributed by atoms with Crippen molar-refractivity contribution in [1.82, 2.24) is 14.8 Å². The van der Waals surface area contributed by atoms with E-state index in [2.05, 4.69) is 10.1 Å². The molecule has 5 nitrogen and oxygen atoms in total. The molecular weight excluding hydrogens is 310 g/mol. The molecule has 0 fully saturated rings. The molecule has 1 unspecified atom stereocenters. The van der Waals surface area contributed by atoms with E-state index in [1.807, 2.05) is 24.4 Å². The second-order valence-electron chi connectivity index (χ2n) is 4.30. The maximum Gasteiger partial charge on any atom is 0.183 e. The molecule has 108 valence electrons. The number of halogens is 1. The van der Waals surface area contributed by atoms with E-state index in [0.29, 0.717) is 20.7 Å². The van der Waals surface area contributed by atoms with Gasteiger partial charge in [-0.2, -0.15) is 5.10 Å². The molecule has 0 radical (unpaired) electrons. The number of methoxy groups -OCH3 is 1. The Morgan fingerprint density at radius 3 is 2.90 bits per heavy atom. The van der Waals surface area contributed by atoms with Gasteiger partial charge < -0.3 is 9.84 Å². The van der Waals surface area contributed by atoms with Gasteiger partial charge in [0.25, 0.3) is 0 Å². The smallest absolute Gasteiger partial charge is 0.183 e. The molecule has 1 aromatic carbocycles. The minimum absolute atomic E-state index is 0.407. The minimum Gasteiger partial charge on any atom is -0.494 e. The molecule has 0 aliphatic heterocycles. The predicted octanol–water partition coefficient (Wildman–Crippen LogP) is 3.07. The molecule has 7 heteroatoms. The first-order valence-corrected chi connectivity index (χ1v) is 7.35. The molecule has 2 aromatic heterocycles. The number of hydrogen-bond acceptors (Lipinski definition) is 5. The number of aliphatic hydroxyl groups excluding tert-OH is 1. The van der Waals surface area contributed by atoms with Crippen molar-refractivity contribution in [2.75, 3.05) is 7.11 Å². The molecule has 1 atom stereocenters. The van der Waals surface area contributed by atoms with E-state index < -0.39 is 6.10 Å². The Morgan fingerprint density at radius 2 is 2.29 bits per heavy atom. The first-order valence-electron chi connectivity index (χ1n) is 6.16. The van der Waals surface area contributed by atoms with Crippen LogP contribution in [-0.4, -0.2) is 27.0 Å². The Bertz CT molecular complexity index is 743. The second kappa shape index (κ2) is 5.85. The Labute approximate surface area is 130 Å². The zero-order valence-corrected chi connectivity index (χ0v) is 12.7. The van der Waals surface area contributed by atoms with Crippen molar-refractivity contribution in [3.63, 3.8) is 0 Å². The van der Waals surface area contributed by atoms with Gasteiger partial charge in [-0.25, -0.2) is 9.67 Å². The summed E-state index contributed by atoms with van der Waals surface area (Å²) >= 11 is 7.06. The Hall–Kier alpha value is -1.89. The zero-order valence-electron chi connectivity index (χ0n) is 11.1. The molecule has 0 spiro atoms. The number of aromatic nitrogens is 3. The lowest BCUT2D eigenvalue weighted by Gasteiger charge is -2.13. The van der Waals surface area contributed by atoms with Gasteiger partial charge in [0.15, 0.2) is 4.47 Å². The molecule has 0 aliphatic carbocycles. The Kier molecular flexibility index (Phi) is 3.92. The molecule has 0 bridgehead atoms. The number of nitrogens with zero attached hydrogens (tertiary/aromatic N) is 3. The van der Waals surface area contributed by atoms with Gasteiger partial charge in [0.05, 0.1) is 12.0 Å². The first-order chi connectivity index (χ1) is 10.2. The van der Waals surface area contributed by atoms with Crippen LogP contribution in [0, 0.1) is 0 Å². The average Bonchev–Trinajstić information content (AvgIpc) is 3.17. The molecule has 0 amide bonds. The highest BCUT2D eigenvalue weighted by Gasteiger charge is 2.16. The van der Waals surface area contributed by atoms with Gasteiger partial charge in [-0.3, -0.25) is 0 Å². The standard InChI is InChI=1S/C14H12ClN3O2S/c1-20-11-7-9(13(19)12-8-16-14(15)21-12)3-4-10(11)18-6-2-5-17-18/h2-8,13,19H,1H3. The van der Waals surface area contributed by atoms with Crippen LogP contribution in [0.3, 0.4) is 0 Å².